The second-order valence-electron chi connectivity index (χ2n) is 13.2. The summed E-state index contributed by atoms with van der Waals surface area (Å²) in [5, 5.41) is 14.5. The summed E-state index contributed by atoms with van der Waals surface area (Å²) in [6, 6.07) is 0.502. The van der Waals surface area contributed by atoms with E-state index in [1.54, 1.807) is 10.9 Å². The van der Waals surface area contributed by atoms with Gasteiger partial charge in [0.1, 0.15) is 5.56 Å². The van der Waals surface area contributed by atoms with Crippen LogP contribution >= 0.6 is 24.8 Å². The summed E-state index contributed by atoms with van der Waals surface area (Å²) < 4.78 is 8.15. The molecule has 4 bridgehead atoms. The van der Waals surface area contributed by atoms with Crippen LogP contribution < -0.4 is 20.7 Å². The van der Waals surface area contributed by atoms with E-state index in [1.807, 2.05) is 13.0 Å². The Labute approximate surface area is 257 Å². The summed E-state index contributed by atoms with van der Waals surface area (Å²) in [4.78, 5) is 26.4. The molecule has 1 aromatic heterocycles. The largest absolute Gasteiger partial charge is 0.477 e. The third-order valence-electron chi connectivity index (χ3n) is 10.3. The molecular formula is C31H49Cl2N5O3. The molecule has 1 aromatic rings. The molecule has 10 heteroatoms. The minimum absolute atomic E-state index is 0. The van der Waals surface area contributed by atoms with Gasteiger partial charge in [-0.2, -0.15) is 5.10 Å². The van der Waals surface area contributed by atoms with Crippen molar-refractivity contribution in [3.63, 3.8) is 0 Å². The van der Waals surface area contributed by atoms with Crippen LogP contribution in [0, 0.1) is 29.6 Å². The molecule has 3 N–H and O–H groups in total. The Balaban J connectivity index is 0.00000194. The van der Waals surface area contributed by atoms with Crippen molar-refractivity contribution < 1.29 is 14.3 Å². The van der Waals surface area contributed by atoms with Crippen molar-refractivity contribution in [3.05, 3.63) is 23.4 Å². The first-order chi connectivity index (χ1) is 19.0. The van der Waals surface area contributed by atoms with Gasteiger partial charge in [0.15, 0.2) is 0 Å². The molecule has 7 rings (SSSR count). The van der Waals surface area contributed by atoms with E-state index in [4.69, 9.17) is 4.74 Å². The van der Waals surface area contributed by atoms with E-state index in [0.717, 1.165) is 37.8 Å². The highest BCUT2D eigenvalue weighted by Crippen LogP contribution is 2.53. The number of ether oxygens (including phenoxy) is 1. The number of allylic oxidation sites excluding steroid dienone is 1. The van der Waals surface area contributed by atoms with Gasteiger partial charge in [-0.15, -0.1) is 24.8 Å². The molecule has 8 nitrogen and oxygen atoms in total. The third-order valence-corrected chi connectivity index (χ3v) is 10.3. The normalized spacial score (nSPS) is 29.8. The van der Waals surface area contributed by atoms with Gasteiger partial charge in [-0.25, -0.2) is 4.68 Å². The first-order valence-corrected chi connectivity index (χ1v) is 15.7. The molecule has 2 amide bonds. The number of aromatic nitrogens is 2. The van der Waals surface area contributed by atoms with Crippen LogP contribution in [0.15, 0.2) is 17.8 Å². The monoisotopic (exact) mass is 609 g/mol. The molecule has 0 atom stereocenters. The quantitative estimate of drug-likeness (QED) is 0.340. The summed E-state index contributed by atoms with van der Waals surface area (Å²) in [7, 11) is 0. The minimum atomic E-state index is -0.0540. The number of hydrogen-bond donors (Lipinski definition) is 3. The van der Waals surface area contributed by atoms with Crippen LogP contribution in [0.4, 0.5) is 0 Å². The van der Waals surface area contributed by atoms with Crippen LogP contribution in [0.5, 0.6) is 5.88 Å². The number of hydrogen-bond acceptors (Lipinski definition) is 5. The molecule has 5 aliphatic carbocycles. The molecule has 6 aliphatic rings. The maximum absolute atomic E-state index is 13.7. The van der Waals surface area contributed by atoms with E-state index in [-0.39, 0.29) is 48.7 Å². The highest BCUT2D eigenvalue weighted by molar-refractivity contribution is 5.96. The summed E-state index contributed by atoms with van der Waals surface area (Å²) in [6.45, 7) is 4.75. The molecule has 0 radical (unpaired) electrons. The highest BCUT2D eigenvalue weighted by atomic mass is 35.5. The van der Waals surface area contributed by atoms with E-state index in [0.29, 0.717) is 47.9 Å². The predicted octanol–water partition coefficient (Wildman–Crippen LogP) is 5.05. The average Bonchev–Trinajstić information content (AvgIpc) is 3.36. The van der Waals surface area contributed by atoms with Gasteiger partial charge in [-0.1, -0.05) is 25.3 Å². The van der Waals surface area contributed by atoms with Crippen LogP contribution in [-0.2, 0) is 11.3 Å². The Morgan fingerprint density at radius 2 is 1.63 bits per heavy atom. The van der Waals surface area contributed by atoms with E-state index >= 15 is 0 Å². The van der Waals surface area contributed by atoms with Gasteiger partial charge < -0.3 is 20.7 Å². The standard InChI is InChI=1S/C31H47N5O3.2ClH/c1-20(29(37)34-26-7-10-32-11-8-26)9-12-36-31(39-19-21-5-3-2-4-6-21)27(18-33-36)30(38)35-28-24-14-22-13-23(16-24)17-25(28)15-22;;/h9,18,21-26,28,32H,2-8,10-17,19H2,1H3,(H,34,37)(H,35,38);2*1H/b20-9+;;. The van der Waals surface area contributed by atoms with Crippen molar-refractivity contribution in [3.8, 4) is 5.88 Å². The van der Waals surface area contributed by atoms with Crippen molar-refractivity contribution >= 4 is 36.6 Å². The van der Waals surface area contributed by atoms with E-state index < -0.39 is 0 Å². The number of carbonyl (C=O) groups excluding carboxylic acids is 2. The van der Waals surface area contributed by atoms with Gasteiger partial charge in [0.25, 0.3) is 5.91 Å². The van der Waals surface area contributed by atoms with Crippen molar-refractivity contribution in [2.45, 2.75) is 103 Å². The molecule has 6 fully saturated rings. The summed E-state index contributed by atoms with van der Waals surface area (Å²) in [6.07, 6.45) is 18.1. The number of rotatable bonds is 9. The second kappa shape index (κ2) is 14.6. The third kappa shape index (κ3) is 7.61. The van der Waals surface area contributed by atoms with Crippen molar-refractivity contribution in [2.24, 2.45) is 29.6 Å². The summed E-state index contributed by atoms with van der Waals surface area (Å²) in [5.41, 5.74) is 1.20. The maximum atomic E-state index is 13.7. The number of amides is 2. The molecule has 230 valence electrons. The smallest absolute Gasteiger partial charge is 0.258 e. The Bertz CT molecular complexity index is 1040. The molecule has 1 aliphatic heterocycles. The molecular weight excluding hydrogens is 561 g/mol. The topological polar surface area (TPSA) is 97.3 Å². The fourth-order valence-corrected chi connectivity index (χ4v) is 8.33. The number of nitrogens with zero attached hydrogens (tertiary/aromatic N) is 2. The Morgan fingerprint density at radius 3 is 2.29 bits per heavy atom. The van der Waals surface area contributed by atoms with E-state index in [9.17, 15) is 9.59 Å². The molecule has 0 aromatic carbocycles. The lowest BCUT2D eigenvalue weighted by molar-refractivity contribution is -0.118. The lowest BCUT2D eigenvalue weighted by atomic mass is 9.54. The zero-order valence-electron chi connectivity index (χ0n) is 24.4. The molecule has 1 saturated heterocycles. The molecule has 5 saturated carbocycles. The number of carbonyl (C=O) groups is 2. The van der Waals surface area contributed by atoms with Gasteiger partial charge in [0, 0.05) is 17.7 Å². The maximum Gasteiger partial charge on any atom is 0.258 e. The van der Waals surface area contributed by atoms with Crippen molar-refractivity contribution in [1.29, 1.82) is 0 Å². The lowest BCUT2D eigenvalue weighted by Crippen LogP contribution is -2.55. The van der Waals surface area contributed by atoms with Crippen LogP contribution in [0.2, 0.25) is 0 Å². The van der Waals surface area contributed by atoms with Gasteiger partial charge in [0.05, 0.1) is 19.3 Å². The first-order valence-electron chi connectivity index (χ1n) is 15.7. The number of nitrogens with one attached hydrogen (secondary N) is 3. The lowest BCUT2D eigenvalue weighted by Gasteiger charge is -2.54. The summed E-state index contributed by atoms with van der Waals surface area (Å²) in [5.74, 6) is 3.98. The minimum Gasteiger partial charge on any atom is -0.477 e. The Kier molecular flexibility index (Phi) is 11.5. The second-order valence-corrected chi connectivity index (χ2v) is 13.2. The zero-order valence-corrected chi connectivity index (χ0v) is 26.1. The predicted molar refractivity (Wildman–Crippen MR) is 165 cm³/mol. The highest BCUT2D eigenvalue weighted by Gasteiger charge is 2.48. The molecule has 2 heterocycles. The molecule has 0 spiro atoms. The van der Waals surface area contributed by atoms with Gasteiger partial charge in [0.2, 0.25) is 11.8 Å². The van der Waals surface area contributed by atoms with Crippen molar-refractivity contribution in [2.75, 3.05) is 19.7 Å². The van der Waals surface area contributed by atoms with Crippen LogP contribution in [0.25, 0.3) is 0 Å². The zero-order chi connectivity index (χ0) is 26.8. The fourth-order valence-electron chi connectivity index (χ4n) is 8.33. The van der Waals surface area contributed by atoms with Crippen LogP contribution in [-0.4, -0.2) is 53.4 Å². The first kappa shape index (κ1) is 32.2. The number of piperidine rings is 1. The van der Waals surface area contributed by atoms with Gasteiger partial charge >= 0.3 is 0 Å². The van der Waals surface area contributed by atoms with Crippen molar-refractivity contribution in [1.82, 2.24) is 25.7 Å². The Morgan fingerprint density at radius 1 is 0.976 bits per heavy atom. The average molecular weight is 611 g/mol. The molecule has 0 unspecified atom stereocenters. The summed E-state index contributed by atoms with van der Waals surface area (Å²) >= 11 is 0. The van der Waals surface area contributed by atoms with Crippen LogP contribution in [0.3, 0.4) is 0 Å². The van der Waals surface area contributed by atoms with Crippen LogP contribution in [0.1, 0.15) is 94.3 Å². The van der Waals surface area contributed by atoms with E-state index in [2.05, 4.69) is 21.0 Å². The van der Waals surface area contributed by atoms with Gasteiger partial charge in [-0.05, 0) is 107 Å². The van der Waals surface area contributed by atoms with Gasteiger partial charge in [-0.3, -0.25) is 9.59 Å². The Hall–Kier alpha value is -1.77. The SMILES string of the molecule is C/C(=C\Cn1ncc(C(=O)NC2C3CC4CC(C3)CC2C4)c1OCC1CCCCC1)C(=O)NC1CCNCC1.Cl.Cl. The molecule has 41 heavy (non-hydrogen) atoms. The fraction of sp³-hybridized carbons (Fsp3) is 0.774. The number of halogens is 2. The van der Waals surface area contributed by atoms with E-state index in [1.165, 1.54) is 64.2 Å².